The number of hydrogen-bond donors (Lipinski definition) is 2. The van der Waals surface area contributed by atoms with Crippen molar-refractivity contribution in [2.75, 3.05) is 26.3 Å². The Kier molecular flexibility index (Phi) is 6.50. The fraction of sp³-hybridized carbons (Fsp3) is 0.524. The van der Waals surface area contributed by atoms with Crippen molar-refractivity contribution in [1.29, 1.82) is 0 Å². The van der Waals surface area contributed by atoms with E-state index < -0.39 is 0 Å². The first-order chi connectivity index (χ1) is 13.1. The summed E-state index contributed by atoms with van der Waals surface area (Å²) in [6, 6.07) is 10.7. The van der Waals surface area contributed by atoms with Gasteiger partial charge in [-0.1, -0.05) is 30.3 Å². The van der Waals surface area contributed by atoms with E-state index in [4.69, 9.17) is 9.15 Å². The summed E-state index contributed by atoms with van der Waals surface area (Å²) in [5.41, 5.74) is 2.34. The maximum Gasteiger partial charge on any atom is 0.216 e. The maximum atomic E-state index is 5.64. The number of rotatable bonds is 6. The zero-order valence-corrected chi connectivity index (χ0v) is 16.5. The van der Waals surface area contributed by atoms with Crippen LogP contribution in [0.15, 0.2) is 39.7 Å². The summed E-state index contributed by atoms with van der Waals surface area (Å²) in [7, 11) is 0. The Balaban J connectivity index is 1.71. The second kappa shape index (κ2) is 9.04. The average Bonchev–Trinajstić information content (AvgIpc) is 3.03. The number of aryl methyl sites for hydroxylation is 2. The fourth-order valence-electron chi connectivity index (χ4n) is 3.47. The fourth-order valence-corrected chi connectivity index (χ4v) is 3.47. The van der Waals surface area contributed by atoms with Gasteiger partial charge in [-0.25, -0.2) is 9.98 Å². The zero-order chi connectivity index (χ0) is 19.1. The Labute approximate surface area is 161 Å². The van der Waals surface area contributed by atoms with Gasteiger partial charge in [-0.3, -0.25) is 0 Å². The van der Waals surface area contributed by atoms with Crippen LogP contribution in [0.4, 0.5) is 0 Å². The topological polar surface area (TPSA) is 71.7 Å². The molecule has 2 N–H and O–H groups in total. The van der Waals surface area contributed by atoms with Crippen molar-refractivity contribution in [3.63, 3.8) is 0 Å². The predicted molar refractivity (Wildman–Crippen MR) is 107 cm³/mol. The van der Waals surface area contributed by atoms with Crippen molar-refractivity contribution >= 4 is 5.96 Å². The highest BCUT2D eigenvalue weighted by atomic mass is 16.5. The van der Waals surface area contributed by atoms with E-state index in [1.807, 2.05) is 13.8 Å². The minimum Gasteiger partial charge on any atom is -0.444 e. The summed E-state index contributed by atoms with van der Waals surface area (Å²) < 4.78 is 11.3. The lowest BCUT2D eigenvalue weighted by molar-refractivity contribution is 0.0514. The quantitative estimate of drug-likeness (QED) is 0.604. The van der Waals surface area contributed by atoms with E-state index in [9.17, 15) is 0 Å². The number of aliphatic imine (C=N–C) groups is 1. The number of hydrogen-bond acceptors (Lipinski definition) is 4. The highest BCUT2D eigenvalue weighted by Gasteiger charge is 2.34. The molecule has 0 atom stereocenters. The molecule has 27 heavy (non-hydrogen) atoms. The van der Waals surface area contributed by atoms with Crippen LogP contribution in [0, 0.1) is 13.8 Å². The largest absolute Gasteiger partial charge is 0.444 e. The molecule has 0 amide bonds. The third-order valence-corrected chi connectivity index (χ3v) is 5.22. The zero-order valence-electron chi connectivity index (χ0n) is 16.5. The Morgan fingerprint density at radius 1 is 1.15 bits per heavy atom. The normalized spacial score (nSPS) is 16.9. The minimum absolute atomic E-state index is 0.0613. The molecular formula is C21H30N4O2. The van der Waals surface area contributed by atoms with Gasteiger partial charge in [0.25, 0.3) is 0 Å². The van der Waals surface area contributed by atoms with E-state index >= 15 is 0 Å². The summed E-state index contributed by atoms with van der Waals surface area (Å²) >= 11 is 0. The van der Waals surface area contributed by atoms with Crippen LogP contribution in [0.2, 0.25) is 0 Å². The predicted octanol–water partition coefficient (Wildman–Crippen LogP) is 3.09. The van der Waals surface area contributed by atoms with Crippen LogP contribution < -0.4 is 10.6 Å². The number of oxazole rings is 1. The van der Waals surface area contributed by atoms with Gasteiger partial charge in [-0.05, 0) is 39.2 Å². The first kappa shape index (κ1) is 19.4. The second-order valence-electron chi connectivity index (χ2n) is 7.06. The molecule has 1 aliphatic heterocycles. The number of ether oxygens (including phenoxy) is 1. The summed E-state index contributed by atoms with van der Waals surface area (Å²) in [6.45, 7) is 9.56. The lowest BCUT2D eigenvalue weighted by atomic mass is 9.74. The molecule has 1 saturated heterocycles. The molecule has 1 fully saturated rings. The van der Waals surface area contributed by atoms with Gasteiger partial charge in [0.15, 0.2) is 5.96 Å². The molecule has 0 radical (unpaired) electrons. The summed E-state index contributed by atoms with van der Waals surface area (Å²) in [4.78, 5) is 9.06. The van der Waals surface area contributed by atoms with Crippen molar-refractivity contribution in [1.82, 2.24) is 15.6 Å². The molecule has 6 heteroatoms. The Hall–Kier alpha value is -2.34. The summed E-state index contributed by atoms with van der Waals surface area (Å²) in [5.74, 6) is 2.28. The van der Waals surface area contributed by atoms with Gasteiger partial charge < -0.3 is 19.8 Å². The van der Waals surface area contributed by atoms with Crippen LogP contribution in [0.5, 0.6) is 0 Å². The highest BCUT2D eigenvalue weighted by Crippen LogP contribution is 2.34. The molecule has 0 aliphatic carbocycles. The second-order valence-corrected chi connectivity index (χ2v) is 7.06. The van der Waals surface area contributed by atoms with Gasteiger partial charge in [-0.15, -0.1) is 0 Å². The van der Waals surface area contributed by atoms with Gasteiger partial charge >= 0.3 is 0 Å². The van der Waals surface area contributed by atoms with Gasteiger partial charge in [-0.2, -0.15) is 0 Å². The average molecular weight is 370 g/mol. The number of aromatic nitrogens is 1. The van der Waals surface area contributed by atoms with E-state index in [-0.39, 0.29) is 5.41 Å². The van der Waals surface area contributed by atoms with E-state index in [2.05, 4.69) is 57.9 Å². The maximum absolute atomic E-state index is 5.64. The lowest BCUT2D eigenvalue weighted by Gasteiger charge is -2.38. The van der Waals surface area contributed by atoms with Crippen LogP contribution in [0.1, 0.15) is 42.7 Å². The van der Waals surface area contributed by atoms with E-state index in [0.717, 1.165) is 56.6 Å². The van der Waals surface area contributed by atoms with Gasteiger partial charge in [0.05, 0.1) is 5.69 Å². The molecule has 2 heterocycles. The molecule has 0 saturated carbocycles. The molecule has 0 unspecified atom stereocenters. The van der Waals surface area contributed by atoms with Crippen LogP contribution in [-0.2, 0) is 16.7 Å². The Morgan fingerprint density at radius 3 is 2.52 bits per heavy atom. The van der Waals surface area contributed by atoms with Crippen LogP contribution in [0.25, 0.3) is 0 Å². The van der Waals surface area contributed by atoms with Crippen molar-refractivity contribution in [2.24, 2.45) is 4.99 Å². The van der Waals surface area contributed by atoms with E-state index in [1.165, 1.54) is 5.56 Å². The number of nitrogens with zero attached hydrogens (tertiary/aromatic N) is 2. The van der Waals surface area contributed by atoms with Crippen LogP contribution in [0.3, 0.4) is 0 Å². The Bertz CT molecular complexity index is 729. The number of nitrogens with one attached hydrogen (secondary N) is 2. The Morgan fingerprint density at radius 2 is 1.89 bits per heavy atom. The van der Waals surface area contributed by atoms with Gasteiger partial charge in [0.2, 0.25) is 5.89 Å². The molecule has 1 aliphatic rings. The van der Waals surface area contributed by atoms with E-state index in [0.29, 0.717) is 12.4 Å². The van der Waals surface area contributed by atoms with Gasteiger partial charge in [0, 0.05) is 31.7 Å². The van der Waals surface area contributed by atoms with Crippen molar-refractivity contribution in [3.8, 4) is 0 Å². The first-order valence-electron chi connectivity index (χ1n) is 9.71. The monoisotopic (exact) mass is 370 g/mol. The van der Waals surface area contributed by atoms with Crippen molar-refractivity contribution < 1.29 is 9.15 Å². The third-order valence-electron chi connectivity index (χ3n) is 5.22. The molecule has 0 spiro atoms. The molecule has 0 bridgehead atoms. The number of benzene rings is 1. The van der Waals surface area contributed by atoms with Crippen LogP contribution >= 0.6 is 0 Å². The third kappa shape index (κ3) is 4.89. The van der Waals surface area contributed by atoms with Gasteiger partial charge in [0.1, 0.15) is 12.3 Å². The first-order valence-corrected chi connectivity index (χ1v) is 9.71. The minimum atomic E-state index is 0.0613. The van der Waals surface area contributed by atoms with Crippen LogP contribution in [-0.4, -0.2) is 37.2 Å². The SMILES string of the molecule is CCNC(=NCc1nc(C)c(C)o1)NCC1(c2ccccc2)CCOCC1. The summed E-state index contributed by atoms with van der Waals surface area (Å²) in [5, 5.41) is 6.86. The molecule has 146 valence electrons. The summed E-state index contributed by atoms with van der Waals surface area (Å²) in [6.07, 6.45) is 2.00. The number of guanidine groups is 1. The molecule has 6 nitrogen and oxygen atoms in total. The van der Waals surface area contributed by atoms with E-state index in [1.54, 1.807) is 0 Å². The smallest absolute Gasteiger partial charge is 0.216 e. The molecule has 2 aromatic rings. The van der Waals surface area contributed by atoms with Crippen molar-refractivity contribution in [2.45, 2.75) is 45.6 Å². The lowest BCUT2D eigenvalue weighted by Crippen LogP contribution is -2.48. The standard InChI is InChI=1S/C21H30N4O2/c1-4-22-20(23-14-19-25-16(2)17(3)27-19)24-15-21(10-12-26-13-11-21)18-8-6-5-7-9-18/h5-9H,4,10-15H2,1-3H3,(H2,22,23,24). The molecule has 1 aromatic carbocycles. The van der Waals surface area contributed by atoms with Crippen molar-refractivity contribution in [3.05, 3.63) is 53.2 Å². The molecule has 3 rings (SSSR count). The highest BCUT2D eigenvalue weighted by molar-refractivity contribution is 5.79. The molecule has 1 aromatic heterocycles. The molecular weight excluding hydrogens is 340 g/mol.